The molecule has 0 atom stereocenters. The number of urea groups is 1. The number of ether oxygens (including phenoxy) is 1. The van der Waals surface area contributed by atoms with Crippen molar-refractivity contribution in [2.75, 3.05) is 39.9 Å². The molecule has 3 rings (SSSR count). The molecule has 1 aromatic heterocycles. The quantitative estimate of drug-likeness (QED) is 0.749. The van der Waals surface area contributed by atoms with Gasteiger partial charge in [-0.1, -0.05) is 0 Å². The molecule has 2 aliphatic rings. The zero-order chi connectivity index (χ0) is 17.1. The van der Waals surface area contributed by atoms with Gasteiger partial charge in [0.1, 0.15) is 6.54 Å². The van der Waals surface area contributed by atoms with Crippen LogP contribution in [-0.4, -0.2) is 78.5 Å². The van der Waals surface area contributed by atoms with E-state index in [1.165, 1.54) is 16.2 Å². The fourth-order valence-corrected chi connectivity index (χ4v) is 3.83. The van der Waals surface area contributed by atoms with Crippen LogP contribution in [0, 0.1) is 0 Å². The van der Waals surface area contributed by atoms with Gasteiger partial charge in [-0.25, -0.2) is 4.79 Å². The Labute approximate surface area is 144 Å². The van der Waals surface area contributed by atoms with Crippen molar-refractivity contribution in [3.8, 4) is 0 Å². The van der Waals surface area contributed by atoms with Crippen molar-refractivity contribution in [1.29, 1.82) is 0 Å². The summed E-state index contributed by atoms with van der Waals surface area (Å²) in [4.78, 5) is 41.5. The van der Waals surface area contributed by atoms with Crippen LogP contribution in [0.3, 0.4) is 0 Å². The lowest BCUT2D eigenvalue weighted by Crippen LogP contribution is -2.48. The van der Waals surface area contributed by atoms with Gasteiger partial charge in [-0.3, -0.25) is 14.5 Å². The van der Waals surface area contributed by atoms with E-state index in [0.717, 1.165) is 5.56 Å². The Balaban J connectivity index is 1.56. The van der Waals surface area contributed by atoms with E-state index < -0.39 is 0 Å². The van der Waals surface area contributed by atoms with E-state index in [-0.39, 0.29) is 30.4 Å². The second-order valence-corrected chi connectivity index (χ2v) is 6.76. The Morgan fingerprint density at radius 1 is 1.33 bits per heavy atom. The molecule has 2 fully saturated rings. The van der Waals surface area contributed by atoms with Gasteiger partial charge in [0, 0.05) is 31.6 Å². The average molecular weight is 351 g/mol. The van der Waals surface area contributed by atoms with Crippen LogP contribution in [0.2, 0.25) is 0 Å². The highest BCUT2D eigenvalue weighted by molar-refractivity contribution is 7.08. The summed E-state index contributed by atoms with van der Waals surface area (Å²) in [5.74, 6) is -0.130. The summed E-state index contributed by atoms with van der Waals surface area (Å²) < 4.78 is 4.95. The average Bonchev–Trinajstić information content (AvgIpc) is 3.22. The van der Waals surface area contributed by atoms with Gasteiger partial charge in [0.15, 0.2) is 0 Å². The summed E-state index contributed by atoms with van der Waals surface area (Å²) in [5, 5.41) is 3.74. The van der Waals surface area contributed by atoms with Crippen molar-refractivity contribution >= 4 is 29.2 Å². The van der Waals surface area contributed by atoms with Crippen LogP contribution in [0.25, 0.3) is 0 Å². The Bertz CT molecular complexity index is 611. The Morgan fingerprint density at radius 3 is 2.71 bits per heavy atom. The molecule has 130 valence electrons. The molecule has 3 heterocycles. The van der Waals surface area contributed by atoms with E-state index in [0.29, 0.717) is 39.1 Å². The van der Waals surface area contributed by atoms with Gasteiger partial charge in [0.2, 0.25) is 5.91 Å². The summed E-state index contributed by atoms with van der Waals surface area (Å²) >= 11 is 1.51. The van der Waals surface area contributed by atoms with Crippen LogP contribution in [0.4, 0.5) is 4.79 Å². The van der Waals surface area contributed by atoms with Gasteiger partial charge in [-0.2, -0.15) is 11.3 Å². The maximum Gasteiger partial charge on any atom is 0.327 e. The fourth-order valence-electron chi connectivity index (χ4n) is 3.20. The summed E-state index contributed by atoms with van der Waals surface area (Å²) in [6, 6.07) is 1.61. The number of amides is 4. The number of thiophene rings is 1. The topological polar surface area (TPSA) is 70.2 Å². The molecular weight excluding hydrogens is 330 g/mol. The highest BCUT2D eigenvalue weighted by Gasteiger charge is 2.40. The van der Waals surface area contributed by atoms with Crippen LogP contribution in [0.5, 0.6) is 0 Å². The number of imide groups is 1. The molecule has 0 aliphatic carbocycles. The van der Waals surface area contributed by atoms with Gasteiger partial charge in [0.25, 0.3) is 5.91 Å². The molecule has 2 aliphatic heterocycles. The molecular formula is C16H21N3O4S. The standard InChI is InChI=1S/C16H21N3O4S/c1-23-8-7-18-14(20)10-19(16(18)22)13-2-5-17(6-3-13)15(21)12-4-9-24-11-12/h4,9,11,13H,2-3,5-8,10H2,1H3. The maximum atomic E-state index is 12.4. The minimum Gasteiger partial charge on any atom is -0.383 e. The lowest BCUT2D eigenvalue weighted by atomic mass is 10.0. The van der Waals surface area contributed by atoms with E-state index in [9.17, 15) is 14.4 Å². The summed E-state index contributed by atoms with van der Waals surface area (Å²) in [5.41, 5.74) is 0.719. The van der Waals surface area contributed by atoms with Crippen molar-refractivity contribution in [3.63, 3.8) is 0 Å². The van der Waals surface area contributed by atoms with Crippen molar-refractivity contribution < 1.29 is 19.1 Å². The first kappa shape index (κ1) is 16.9. The summed E-state index contributed by atoms with van der Waals surface area (Å²) in [7, 11) is 1.54. The minimum absolute atomic E-state index is 0.0144. The van der Waals surface area contributed by atoms with Crippen molar-refractivity contribution in [1.82, 2.24) is 14.7 Å². The van der Waals surface area contributed by atoms with Crippen LogP contribution in [0.15, 0.2) is 16.8 Å². The fraction of sp³-hybridized carbons (Fsp3) is 0.562. The molecule has 0 radical (unpaired) electrons. The van der Waals surface area contributed by atoms with E-state index in [2.05, 4.69) is 0 Å². The number of carbonyl (C=O) groups is 3. The normalized spacial score (nSPS) is 19.5. The number of nitrogens with zero attached hydrogens (tertiary/aromatic N) is 3. The van der Waals surface area contributed by atoms with Gasteiger partial charge in [0.05, 0.1) is 18.7 Å². The second kappa shape index (κ2) is 7.31. The molecule has 0 spiro atoms. The number of hydrogen-bond acceptors (Lipinski definition) is 5. The minimum atomic E-state index is -0.236. The largest absolute Gasteiger partial charge is 0.383 e. The number of likely N-dealkylation sites (tertiary alicyclic amines) is 1. The molecule has 0 aromatic carbocycles. The van der Waals surface area contributed by atoms with E-state index >= 15 is 0 Å². The number of piperidine rings is 1. The first-order valence-corrected chi connectivity index (χ1v) is 8.97. The Kier molecular flexibility index (Phi) is 5.15. The van der Waals surface area contributed by atoms with E-state index in [1.807, 2.05) is 21.7 Å². The van der Waals surface area contributed by atoms with Crippen molar-refractivity contribution in [2.45, 2.75) is 18.9 Å². The zero-order valence-electron chi connectivity index (χ0n) is 13.6. The third kappa shape index (κ3) is 3.29. The number of rotatable bonds is 5. The molecule has 1 aromatic rings. The van der Waals surface area contributed by atoms with E-state index in [1.54, 1.807) is 12.0 Å². The van der Waals surface area contributed by atoms with Crippen molar-refractivity contribution in [2.24, 2.45) is 0 Å². The smallest absolute Gasteiger partial charge is 0.327 e. The first-order valence-electron chi connectivity index (χ1n) is 8.03. The first-order chi connectivity index (χ1) is 11.6. The molecule has 0 saturated carbocycles. The van der Waals surface area contributed by atoms with Crippen LogP contribution in [-0.2, 0) is 9.53 Å². The predicted octanol–water partition coefficient (Wildman–Crippen LogP) is 1.26. The lowest BCUT2D eigenvalue weighted by molar-refractivity contribution is -0.125. The van der Waals surface area contributed by atoms with Gasteiger partial charge >= 0.3 is 6.03 Å². The van der Waals surface area contributed by atoms with Crippen LogP contribution >= 0.6 is 11.3 Å². The number of hydrogen-bond donors (Lipinski definition) is 0. The molecule has 8 heteroatoms. The SMILES string of the molecule is COCCN1C(=O)CN(C2CCN(C(=O)c3ccsc3)CC2)C1=O. The molecule has 24 heavy (non-hydrogen) atoms. The molecule has 0 N–H and O–H groups in total. The number of methoxy groups -OCH3 is 1. The molecule has 7 nitrogen and oxygen atoms in total. The maximum absolute atomic E-state index is 12.4. The molecule has 0 bridgehead atoms. The monoisotopic (exact) mass is 351 g/mol. The third-order valence-electron chi connectivity index (χ3n) is 4.56. The lowest BCUT2D eigenvalue weighted by Gasteiger charge is -2.36. The number of carbonyl (C=O) groups excluding carboxylic acids is 3. The zero-order valence-corrected chi connectivity index (χ0v) is 14.5. The van der Waals surface area contributed by atoms with Gasteiger partial charge in [-0.05, 0) is 24.3 Å². The van der Waals surface area contributed by atoms with Crippen molar-refractivity contribution in [3.05, 3.63) is 22.4 Å². The van der Waals surface area contributed by atoms with Gasteiger partial charge in [-0.15, -0.1) is 0 Å². The second-order valence-electron chi connectivity index (χ2n) is 5.98. The van der Waals surface area contributed by atoms with Gasteiger partial charge < -0.3 is 14.5 Å². The summed E-state index contributed by atoms with van der Waals surface area (Å²) in [6.45, 7) is 1.98. The highest BCUT2D eigenvalue weighted by Crippen LogP contribution is 2.23. The van der Waals surface area contributed by atoms with Crippen LogP contribution < -0.4 is 0 Å². The Morgan fingerprint density at radius 2 is 2.08 bits per heavy atom. The van der Waals surface area contributed by atoms with E-state index in [4.69, 9.17) is 4.74 Å². The predicted molar refractivity (Wildman–Crippen MR) is 88.9 cm³/mol. The summed E-state index contributed by atoms with van der Waals surface area (Å²) in [6.07, 6.45) is 1.40. The Hall–Kier alpha value is -1.93. The highest BCUT2D eigenvalue weighted by atomic mass is 32.1. The third-order valence-corrected chi connectivity index (χ3v) is 5.25. The molecule has 4 amide bonds. The molecule has 0 unspecified atom stereocenters. The van der Waals surface area contributed by atoms with Crippen LogP contribution in [0.1, 0.15) is 23.2 Å². The molecule has 2 saturated heterocycles.